The number of pyridine rings is 1. The van der Waals surface area contributed by atoms with Crippen LogP contribution in [0.3, 0.4) is 0 Å². The molecule has 2 heterocycles. The van der Waals surface area contributed by atoms with Gasteiger partial charge in [0.2, 0.25) is 0 Å². The highest BCUT2D eigenvalue weighted by Gasteiger charge is 2.15. The van der Waals surface area contributed by atoms with E-state index in [1.165, 1.54) is 5.56 Å². The number of nitrogens with zero attached hydrogens (tertiary/aromatic N) is 4. The summed E-state index contributed by atoms with van der Waals surface area (Å²) in [5, 5.41) is 11.8. The highest BCUT2D eigenvalue weighted by molar-refractivity contribution is 5.13. The van der Waals surface area contributed by atoms with E-state index in [4.69, 9.17) is 0 Å². The number of aromatic nitrogens is 4. The maximum Gasteiger partial charge on any atom is 0.0965 e. The SMILES string of the molecule is C[C@H](NCc1cn(C(C)(C)C)nn1)c1cccnc1. The fraction of sp³-hybridized carbons (Fsp3) is 0.500. The van der Waals surface area contributed by atoms with Crippen LogP contribution in [0.25, 0.3) is 0 Å². The maximum absolute atomic E-state index is 4.18. The van der Waals surface area contributed by atoms with Crippen molar-refractivity contribution in [2.45, 2.75) is 45.8 Å². The van der Waals surface area contributed by atoms with Gasteiger partial charge in [-0.15, -0.1) is 5.10 Å². The maximum atomic E-state index is 4.18. The van der Waals surface area contributed by atoms with Crippen LogP contribution < -0.4 is 5.32 Å². The van der Waals surface area contributed by atoms with E-state index in [1.807, 2.05) is 23.1 Å². The van der Waals surface area contributed by atoms with Crippen molar-refractivity contribution in [2.24, 2.45) is 0 Å². The Kier molecular flexibility index (Phi) is 3.95. The highest BCUT2D eigenvalue weighted by Crippen LogP contribution is 2.13. The number of hydrogen-bond donors (Lipinski definition) is 1. The third kappa shape index (κ3) is 3.61. The fourth-order valence-corrected chi connectivity index (χ4v) is 1.71. The predicted molar refractivity (Wildman–Crippen MR) is 74.5 cm³/mol. The van der Waals surface area contributed by atoms with Crippen LogP contribution in [0.4, 0.5) is 0 Å². The Morgan fingerprint density at radius 3 is 2.74 bits per heavy atom. The first-order valence-electron chi connectivity index (χ1n) is 6.52. The quantitative estimate of drug-likeness (QED) is 0.915. The van der Waals surface area contributed by atoms with Crippen molar-refractivity contribution in [1.29, 1.82) is 0 Å². The van der Waals surface area contributed by atoms with Gasteiger partial charge in [-0.05, 0) is 39.3 Å². The van der Waals surface area contributed by atoms with Crippen LogP contribution in [0, 0.1) is 0 Å². The molecule has 0 radical (unpaired) electrons. The molecule has 0 amide bonds. The smallest absolute Gasteiger partial charge is 0.0965 e. The van der Waals surface area contributed by atoms with Gasteiger partial charge in [0, 0.05) is 25.0 Å². The molecular weight excluding hydrogens is 238 g/mol. The van der Waals surface area contributed by atoms with Crippen molar-refractivity contribution in [1.82, 2.24) is 25.3 Å². The minimum Gasteiger partial charge on any atom is -0.304 e. The summed E-state index contributed by atoms with van der Waals surface area (Å²) >= 11 is 0. The van der Waals surface area contributed by atoms with E-state index in [-0.39, 0.29) is 11.6 Å². The molecule has 0 fully saturated rings. The van der Waals surface area contributed by atoms with Gasteiger partial charge in [-0.25, -0.2) is 4.68 Å². The van der Waals surface area contributed by atoms with Crippen LogP contribution in [0.15, 0.2) is 30.7 Å². The molecule has 2 rings (SSSR count). The summed E-state index contributed by atoms with van der Waals surface area (Å²) in [6.45, 7) is 9.14. The van der Waals surface area contributed by atoms with Crippen molar-refractivity contribution in [3.8, 4) is 0 Å². The second-order valence-electron chi connectivity index (χ2n) is 5.71. The molecule has 19 heavy (non-hydrogen) atoms. The van der Waals surface area contributed by atoms with Crippen molar-refractivity contribution in [3.63, 3.8) is 0 Å². The van der Waals surface area contributed by atoms with E-state index in [2.05, 4.69) is 54.4 Å². The van der Waals surface area contributed by atoms with E-state index in [9.17, 15) is 0 Å². The molecule has 0 spiro atoms. The Labute approximate surface area is 114 Å². The van der Waals surface area contributed by atoms with Crippen molar-refractivity contribution < 1.29 is 0 Å². The van der Waals surface area contributed by atoms with Crippen LogP contribution in [0.1, 0.15) is 45.0 Å². The molecule has 0 aliphatic heterocycles. The van der Waals surface area contributed by atoms with E-state index >= 15 is 0 Å². The Balaban J connectivity index is 1.94. The molecule has 1 N–H and O–H groups in total. The molecule has 1 atom stereocenters. The molecule has 2 aromatic heterocycles. The normalized spacial score (nSPS) is 13.5. The fourth-order valence-electron chi connectivity index (χ4n) is 1.71. The Hall–Kier alpha value is -1.75. The molecular formula is C14H21N5. The second-order valence-corrected chi connectivity index (χ2v) is 5.71. The third-order valence-corrected chi connectivity index (χ3v) is 3.00. The van der Waals surface area contributed by atoms with Gasteiger partial charge in [0.15, 0.2) is 0 Å². The number of hydrogen-bond acceptors (Lipinski definition) is 4. The lowest BCUT2D eigenvalue weighted by molar-refractivity contribution is 0.347. The van der Waals surface area contributed by atoms with Gasteiger partial charge in [0.05, 0.1) is 17.4 Å². The predicted octanol–water partition coefficient (Wildman–Crippen LogP) is 2.28. The van der Waals surface area contributed by atoms with Gasteiger partial charge in [0.1, 0.15) is 0 Å². The molecule has 2 aromatic rings. The first-order chi connectivity index (χ1) is 8.97. The molecule has 0 aliphatic rings. The van der Waals surface area contributed by atoms with Gasteiger partial charge >= 0.3 is 0 Å². The summed E-state index contributed by atoms with van der Waals surface area (Å²) in [7, 11) is 0. The zero-order chi connectivity index (χ0) is 13.9. The standard InChI is InChI=1S/C14H21N5/c1-11(12-6-5-7-15-8-12)16-9-13-10-19(18-17-13)14(2,3)4/h5-8,10-11,16H,9H2,1-4H3/t11-/m0/s1. The topological polar surface area (TPSA) is 55.6 Å². The molecule has 0 unspecified atom stereocenters. The lowest BCUT2D eigenvalue weighted by Crippen LogP contribution is -2.22. The van der Waals surface area contributed by atoms with Crippen molar-refractivity contribution in [2.75, 3.05) is 0 Å². The van der Waals surface area contributed by atoms with Crippen LogP contribution in [0.2, 0.25) is 0 Å². The monoisotopic (exact) mass is 259 g/mol. The summed E-state index contributed by atoms with van der Waals surface area (Å²) in [6, 6.07) is 4.26. The Morgan fingerprint density at radius 2 is 2.16 bits per heavy atom. The van der Waals surface area contributed by atoms with Gasteiger partial charge in [0.25, 0.3) is 0 Å². The summed E-state index contributed by atoms with van der Waals surface area (Å²) in [5.41, 5.74) is 2.09. The molecule has 102 valence electrons. The Morgan fingerprint density at radius 1 is 1.37 bits per heavy atom. The molecule has 0 bridgehead atoms. The first kappa shape index (κ1) is 13.7. The summed E-state index contributed by atoms with van der Waals surface area (Å²) in [4.78, 5) is 4.13. The minimum atomic E-state index is -0.0276. The molecule has 0 saturated heterocycles. The zero-order valence-corrected chi connectivity index (χ0v) is 12.0. The summed E-state index contributed by atoms with van der Waals surface area (Å²) < 4.78 is 1.89. The summed E-state index contributed by atoms with van der Waals surface area (Å²) in [5.74, 6) is 0. The second kappa shape index (κ2) is 5.48. The highest BCUT2D eigenvalue weighted by atomic mass is 15.4. The van der Waals surface area contributed by atoms with E-state index < -0.39 is 0 Å². The lowest BCUT2D eigenvalue weighted by Gasteiger charge is -2.17. The zero-order valence-electron chi connectivity index (χ0n) is 12.0. The van der Waals surface area contributed by atoms with Crippen LogP contribution in [-0.4, -0.2) is 20.0 Å². The van der Waals surface area contributed by atoms with Crippen LogP contribution in [0.5, 0.6) is 0 Å². The molecule has 0 aliphatic carbocycles. The van der Waals surface area contributed by atoms with Gasteiger partial charge in [-0.2, -0.15) is 0 Å². The third-order valence-electron chi connectivity index (χ3n) is 3.00. The minimum absolute atomic E-state index is 0.0276. The molecule has 5 heteroatoms. The average Bonchev–Trinajstić information content (AvgIpc) is 2.86. The van der Waals surface area contributed by atoms with E-state index in [0.29, 0.717) is 6.54 Å². The van der Waals surface area contributed by atoms with Gasteiger partial charge in [-0.1, -0.05) is 11.3 Å². The number of rotatable bonds is 4. The largest absolute Gasteiger partial charge is 0.304 e. The summed E-state index contributed by atoms with van der Waals surface area (Å²) in [6.07, 6.45) is 5.65. The lowest BCUT2D eigenvalue weighted by atomic mass is 10.1. The Bertz CT molecular complexity index is 512. The van der Waals surface area contributed by atoms with Gasteiger partial charge < -0.3 is 5.32 Å². The van der Waals surface area contributed by atoms with Gasteiger partial charge in [-0.3, -0.25) is 4.98 Å². The van der Waals surface area contributed by atoms with Crippen LogP contribution in [-0.2, 0) is 12.1 Å². The van der Waals surface area contributed by atoms with Crippen LogP contribution >= 0.6 is 0 Å². The van der Waals surface area contributed by atoms with Crippen molar-refractivity contribution >= 4 is 0 Å². The molecule has 0 aromatic carbocycles. The average molecular weight is 259 g/mol. The number of nitrogens with one attached hydrogen (secondary N) is 1. The molecule has 5 nitrogen and oxygen atoms in total. The van der Waals surface area contributed by atoms with E-state index in [1.54, 1.807) is 6.20 Å². The first-order valence-corrected chi connectivity index (χ1v) is 6.52. The molecule has 0 saturated carbocycles. The van der Waals surface area contributed by atoms with Crippen molar-refractivity contribution in [3.05, 3.63) is 42.0 Å². The van der Waals surface area contributed by atoms with E-state index in [0.717, 1.165) is 5.69 Å².